The van der Waals surface area contributed by atoms with Crippen LogP contribution in [-0.4, -0.2) is 110 Å². The summed E-state index contributed by atoms with van der Waals surface area (Å²) in [6, 6.07) is -1.18. The number of carbonyl (C=O) groups excluding carboxylic acids is 1. The topological polar surface area (TPSA) is 189 Å². The van der Waals surface area contributed by atoms with Crippen LogP contribution in [0.4, 0.5) is 0 Å². The highest BCUT2D eigenvalue weighted by molar-refractivity contribution is 5.80. The van der Waals surface area contributed by atoms with E-state index in [1.165, 1.54) is 270 Å². The molecule has 0 radical (unpaired) electrons. The van der Waals surface area contributed by atoms with Crippen LogP contribution in [0.3, 0.4) is 0 Å². The number of hydrogen-bond donors (Lipinski definition) is 8. The lowest BCUT2D eigenvalue weighted by molar-refractivity contribution is -0.303. The normalized spacial score (nSPS) is 19.2. The van der Waals surface area contributed by atoms with Crippen LogP contribution in [0.1, 0.15) is 348 Å². The second-order valence-corrected chi connectivity index (χ2v) is 25.0. The molecule has 0 aromatic carbocycles. The van der Waals surface area contributed by atoms with Gasteiger partial charge in [-0.15, -0.1) is 0 Å². The molecule has 0 aromatic rings. The number of amides is 1. The van der Waals surface area contributed by atoms with Crippen LogP contribution in [0.2, 0.25) is 0 Å². The first-order valence-corrected chi connectivity index (χ1v) is 35.2. The fourth-order valence-electron chi connectivity index (χ4n) is 11.6. The van der Waals surface area contributed by atoms with Crippen molar-refractivity contribution in [3.63, 3.8) is 0 Å². The van der Waals surface area contributed by atoms with E-state index in [1.54, 1.807) is 0 Å². The highest BCUT2D eigenvalue weighted by Crippen LogP contribution is 2.24. The summed E-state index contributed by atoms with van der Waals surface area (Å²) in [5.41, 5.74) is 0. The molecule has 11 nitrogen and oxygen atoms in total. The maximum atomic E-state index is 13.2. The summed E-state index contributed by atoms with van der Waals surface area (Å²) in [6.45, 7) is 3.48. The molecule has 1 fully saturated rings. The molecule has 1 aliphatic rings. The monoisotopic (exact) mass is 1150 g/mol. The molecule has 11 heteroatoms. The Morgan fingerprint density at radius 1 is 0.420 bits per heavy atom. The van der Waals surface area contributed by atoms with Gasteiger partial charge in [0.15, 0.2) is 6.29 Å². The van der Waals surface area contributed by atoms with Crippen molar-refractivity contribution >= 4 is 5.91 Å². The first-order valence-electron chi connectivity index (χ1n) is 35.2. The van der Waals surface area contributed by atoms with Gasteiger partial charge < -0.3 is 50.5 Å². The second kappa shape index (κ2) is 58.9. The zero-order valence-electron chi connectivity index (χ0n) is 53.0. The molecule has 1 heterocycles. The molecular formula is C70H135NO10. The third-order valence-corrected chi connectivity index (χ3v) is 17.2. The van der Waals surface area contributed by atoms with Crippen molar-refractivity contribution in [2.45, 2.75) is 403 Å². The average Bonchev–Trinajstić information content (AvgIpc) is 3.49. The van der Waals surface area contributed by atoms with E-state index in [0.717, 1.165) is 38.5 Å². The minimum atomic E-state index is -1.67. The van der Waals surface area contributed by atoms with E-state index in [9.17, 15) is 40.5 Å². The van der Waals surface area contributed by atoms with Gasteiger partial charge in [-0.1, -0.05) is 308 Å². The van der Waals surface area contributed by atoms with Gasteiger partial charge in [0.2, 0.25) is 5.91 Å². The first kappa shape index (κ1) is 77.6. The Kier molecular flexibility index (Phi) is 56.5. The Bertz CT molecular complexity index is 1370. The van der Waals surface area contributed by atoms with Crippen LogP contribution in [0.25, 0.3) is 0 Å². The molecule has 0 aliphatic carbocycles. The number of hydrogen-bond acceptors (Lipinski definition) is 10. The SMILES string of the molecule is CCCCCCCCCCCCC/C=C/CCCC(O)C(O)C(COC1OC(CO)C(O)C(O)C1O)NC(=O)C(O)CCCCCCCCCCCCCCCCCC/C=C\CCCCCCCCCCCCCCCCCCCC. The predicted octanol–water partition coefficient (Wildman–Crippen LogP) is 16.8. The van der Waals surface area contributed by atoms with Gasteiger partial charge in [0.25, 0.3) is 0 Å². The van der Waals surface area contributed by atoms with Crippen molar-refractivity contribution in [2.24, 2.45) is 0 Å². The fraction of sp³-hybridized carbons (Fsp3) is 0.929. The Morgan fingerprint density at radius 3 is 1.06 bits per heavy atom. The smallest absolute Gasteiger partial charge is 0.249 e. The van der Waals surface area contributed by atoms with Crippen LogP contribution < -0.4 is 5.32 Å². The number of aliphatic hydroxyl groups excluding tert-OH is 7. The molecule has 0 bridgehead atoms. The largest absolute Gasteiger partial charge is 0.394 e. The first-order chi connectivity index (χ1) is 39.7. The number of ether oxygens (including phenoxy) is 2. The zero-order chi connectivity index (χ0) is 58.9. The molecule has 0 saturated carbocycles. The van der Waals surface area contributed by atoms with Crippen LogP contribution >= 0.6 is 0 Å². The number of aliphatic hydroxyl groups is 7. The summed E-state index contributed by atoms with van der Waals surface area (Å²) < 4.78 is 11.2. The standard InChI is InChI=1S/C70H135NO10/c1-3-5-7-9-11-13-15-17-19-21-22-23-24-25-26-27-28-29-30-31-32-33-34-35-36-37-38-39-40-41-42-44-46-48-50-52-54-56-58-63(74)69(79)71-61(60-80-70-68(78)67(77)66(76)64(59-72)81-70)65(75)62(73)57-55-53-51-49-47-45-43-20-18-16-14-12-10-8-6-4-2/h31-32,49,51,61-68,70,72-78H,3-30,33-48,50,52-60H2,1-2H3,(H,71,79)/b32-31-,51-49+. The lowest BCUT2D eigenvalue weighted by Crippen LogP contribution is -2.60. The molecule has 9 atom stereocenters. The fourth-order valence-corrected chi connectivity index (χ4v) is 11.6. The van der Waals surface area contributed by atoms with Crippen molar-refractivity contribution in [3.05, 3.63) is 24.3 Å². The molecular weight excluding hydrogens is 1010 g/mol. The molecule has 480 valence electrons. The summed E-state index contributed by atoms with van der Waals surface area (Å²) in [4.78, 5) is 13.2. The number of unbranched alkanes of at least 4 members (excludes halogenated alkanes) is 46. The van der Waals surface area contributed by atoms with Gasteiger partial charge in [-0.2, -0.15) is 0 Å². The number of nitrogens with one attached hydrogen (secondary N) is 1. The minimum absolute atomic E-state index is 0.257. The molecule has 0 aromatic heterocycles. The van der Waals surface area contributed by atoms with Gasteiger partial charge in [-0.05, 0) is 64.2 Å². The van der Waals surface area contributed by atoms with E-state index in [-0.39, 0.29) is 12.8 Å². The van der Waals surface area contributed by atoms with Gasteiger partial charge >= 0.3 is 0 Å². The average molecular weight is 1150 g/mol. The number of carbonyl (C=O) groups is 1. The van der Waals surface area contributed by atoms with E-state index >= 15 is 0 Å². The third-order valence-electron chi connectivity index (χ3n) is 17.2. The van der Waals surface area contributed by atoms with Crippen molar-refractivity contribution in [3.8, 4) is 0 Å². The summed E-state index contributed by atoms with van der Waals surface area (Å²) in [5, 5.41) is 76.3. The maximum Gasteiger partial charge on any atom is 0.249 e. The maximum absolute atomic E-state index is 13.2. The van der Waals surface area contributed by atoms with Crippen LogP contribution in [0.15, 0.2) is 24.3 Å². The van der Waals surface area contributed by atoms with Crippen molar-refractivity contribution in [1.82, 2.24) is 5.32 Å². The molecule has 8 N–H and O–H groups in total. The molecule has 0 spiro atoms. The minimum Gasteiger partial charge on any atom is -0.394 e. The van der Waals surface area contributed by atoms with E-state index in [4.69, 9.17) is 9.47 Å². The molecule has 1 aliphatic heterocycles. The molecule has 81 heavy (non-hydrogen) atoms. The molecule has 1 saturated heterocycles. The van der Waals surface area contributed by atoms with Crippen molar-refractivity contribution in [2.75, 3.05) is 13.2 Å². The Morgan fingerprint density at radius 2 is 0.728 bits per heavy atom. The van der Waals surface area contributed by atoms with E-state index in [1.807, 2.05) is 0 Å². The Hall–Kier alpha value is -1.41. The molecule has 1 amide bonds. The second-order valence-electron chi connectivity index (χ2n) is 25.0. The highest BCUT2D eigenvalue weighted by Gasteiger charge is 2.44. The Labute approximate surface area is 499 Å². The van der Waals surface area contributed by atoms with E-state index in [0.29, 0.717) is 12.8 Å². The predicted molar refractivity (Wildman–Crippen MR) is 339 cm³/mol. The molecule has 9 unspecified atom stereocenters. The van der Waals surface area contributed by atoms with Gasteiger partial charge in [0, 0.05) is 0 Å². The summed E-state index contributed by atoms with van der Waals surface area (Å²) in [7, 11) is 0. The van der Waals surface area contributed by atoms with Crippen molar-refractivity contribution in [1.29, 1.82) is 0 Å². The molecule has 1 rings (SSSR count). The number of allylic oxidation sites excluding steroid dienone is 4. The lowest BCUT2D eigenvalue weighted by atomic mass is 9.98. The summed E-state index contributed by atoms with van der Waals surface area (Å²) in [6.07, 6.45) is 62.9. The van der Waals surface area contributed by atoms with Gasteiger partial charge in [0.05, 0.1) is 25.4 Å². The summed E-state index contributed by atoms with van der Waals surface area (Å²) in [5.74, 6) is -0.701. The zero-order valence-corrected chi connectivity index (χ0v) is 53.0. The summed E-state index contributed by atoms with van der Waals surface area (Å²) >= 11 is 0. The van der Waals surface area contributed by atoms with E-state index < -0.39 is 74.2 Å². The quantitative estimate of drug-likeness (QED) is 0.0215. The van der Waals surface area contributed by atoms with Gasteiger partial charge in [0.1, 0.15) is 36.6 Å². The lowest BCUT2D eigenvalue weighted by Gasteiger charge is -2.40. The van der Waals surface area contributed by atoms with Gasteiger partial charge in [-0.25, -0.2) is 0 Å². The van der Waals surface area contributed by atoms with Crippen LogP contribution in [0.5, 0.6) is 0 Å². The highest BCUT2D eigenvalue weighted by atomic mass is 16.7. The van der Waals surface area contributed by atoms with Crippen LogP contribution in [-0.2, 0) is 14.3 Å². The Balaban J connectivity index is 2.12. The van der Waals surface area contributed by atoms with Crippen molar-refractivity contribution < 1.29 is 50.0 Å². The third kappa shape index (κ3) is 46.5. The number of rotatable bonds is 62. The van der Waals surface area contributed by atoms with Crippen LogP contribution in [0, 0.1) is 0 Å². The van der Waals surface area contributed by atoms with Gasteiger partial charge in [-0.3, -0.25) is 4.79 Å². The van der Waals surface area contributed by atoms with E-state index in [2.05, 4.69) is 43.5 Å².